The third-order valence-corrected chi connectivity index (χ3v) is 4.79. The fourth-order valence-electron chi connectivity index (χ4n) is 2.19. The molecule has 1 aromatic heterocycles. The molecule has 0 spiro atoms. The highest BCUT2D eigenvalue weighted by molar-refractivity contribution is 8.01. The largest absolute Gasteiger partial charge is 0.361 e. The third kappa shape index (κ3) is 3.86. The molecule has 6 nitrogen and oxygen atoms in total. The molecule has 1 atom stereocenters. The van der Waals surface area contributed by atoms with Crippen molar-refractivity contribution in [2.75, 3.05) is 5.32 Å². The minimum absolute atomic E-state index is 0.0927. The number of carbonyl (C=O) groups is 2. The molecular weight excluding hydrogens is 338 g/mol. The number of halogens is 1. The van der Waals surface area contributed by atoms with Crippen LogP contribution in [0, 0.1) is 6.92 Å². The summed E-state index contributed by atoms with van der Waals surface area (Å²) < 4.78 is 4.93. The van der Waals surface area contributed by atoms with Crippen LogP contribution in [-0.4, -0.2) is 22.2 Å². The Hall–Kier alpha value is -1.99. The van der Waals surface area contributed by atoms with E-state index in [1.165, 1.54) is 11.8 Å². The molecule has 8 heteroatoms. The number of aryl methyl sites for hydroxylation is 1. The number of carbonyl (C=O) groups excluding carboxylic acids is 2. The topological polar surface area (TPSA) is 84.2 Å². The van der Waals surface area contributed by atoms with Gasteiger partial charge in [-0.05, 0) is 25.1 Å². The molecule has 2 aromatic rings. The number of nitrogens with zero attached hydrogens (tertiary/aromatic N) is 1. The van der Waals surface area contributed by atoms with E-state index in [1.807, 2.05) is 6.07 Å². The summed E-state index contributed by atoms with van der Waals surface area (Å²) in [4.78, 5) is 25.0. The zero-order valence-corrected chi connectivity index (χ0v) is 13.8. The average molecular weight is 352 g/mol. The van der Waals surface area contributed by atoms with Crippen LogP contribution >= 0.6 is 23.4 Å². The lowest BCUT2D eigenvalue weighted by molar-refractivity contribution is -0.124. The van der Waals surface area contributed by atoms with Gasteiger partial charge in [-0.1, -0.05) is 16.8 Å². The zero-order chi connectivity index (χ0) is 16.4. The molecule has 1 aliphatic heterocycles. The molecule has 120 valence electrons. The Morgan fingerprint density at radius 2 is 2.30 bits per heavy atom. The molecule has 1 aromatic carbocycles. The van der Waals surface area contributed by atoms with Crippen LogP contribution in [0.3, 0.4) is 0 Å². The lowest BCUT2D eigenvalue weighted by Crippen LogP contribution is -2.34. The number of hydrogen-bond acceptors (Lipinski definition) is 5. The summed E-state index contributed by atoms with van der Waals surface area (Å²) in [5, 5.41) is 9.41. The van der Waals surface area contributed by atoms with E-state index in [2.05, 4.69) is 15.8 Å². The average Bonchev–Trinajstić information content (AvgIpc) is 2.92. The third-order valence-electron chi connectivity index (χ3n) is 3.28. The van der Waals surface area contributed by atoms with Gasteiger partial charge in [-0.15, -0.1) is 11.8 Å². The number of anilines is 1. The molecule has 3 rings (SSSR count). The Labute approximate surface area is 141 Å². The summed E-state index contributed by atoms with van der Waals surface area (Å²) in [6.45, 7) is 2.06. The number of benzene rings is 1. The summed E-state index contributed by atoms with van der Waals surface area (Å²) in [5.41, 5.74) is 1.33. The van der Waals surface area contributed by atoms with Gasteiger partial charge in [0.15, 0.2) is 0 Å². The minimum Gasteiger partial charge on any atom is -0.361 e. The second-order valence-corrected chi connectivity index (χ2v) is 6.83. The predicted molar refractivity (Wildman–Crippen MR) is 87.4 cm³/mol. The van der Waals surface area contributed by atoms with Gasteiger partial charge < -0.3 is 15.2 Å². The van der Waals surface area contributed by atoms with Crippen LogP contribution in [0.5, 0.6) is 0 Å². The first kappa shape index (κ1) is 15.9. The van der Waals surface area contributed by atoms with Crippen molar-refractivity contribution in [3.05, 3.63) is 40.7 Å². The van der Waals surface area contributed by atoms with Crippen molar-refractivity contribution in [3.8, 4) is 0 Å². The van der Waals surface area contributed by atoms with E-state index in [4.69, 9.17) is 16.1 Å². The lowest BCUT2D eigenvalue weighted by Gasteiger charge is -2.23. The van der Waals surface area contributed by atoms with Gasteiger partial charge in [-0.2, -0.15) is 0 Å². The lowest BCUT2D eigenvalue weighted by atomic mass is 10.2. The Morgan fingerprint density at radius 1 is 1.48 bits per heavy atom. The molecule has 0 saturated carbocycles. The Bertz CT molecular complexity index is 762. The van der Waals surface area contributed by atoms with Gasteiger partial charge >= 0.3 is 0 Å². The molecule has 0 radical (unpaired) electrons. The van der Waals surface area contributed by atoms with Crippen LogP contribution in [0.1, 0.15) is 17.9 Å². The number of nitrogens with one attached hydrogen (secondary N) is 2. The van der Waals surface area contributed by atoms with E-state index in [0.29, 0.717) is 22.2 Å². The second kappa shape index (κ2) is 6.64. The summed E-state index contributed by atoms with van der Waals surface area (Å²) in [6.07, 6.45) is 0.0927. The van der Waals surface area contributed by atoms with Crippen molar-refractivity contribution in [3.63, 3.8) is 0 Å². The highest BCUT2D eigenvalue weighted by Gasteiger charge is 2.29. The molecular formula is C15H14ClN3O3S. The normalized spacial score (nSPS) is 16.6. The van der Waals surface area contributed by atoms with Gasteiger partial charge in [-0.3, -0.25) is 9.59 Å². The molecule has 23 heavy (non-hydrogen) atoms. The maximum Gasteiger partial charge on any atom is 0.238 e. The van der Waals surface area contributed by atoms with Crippen molar-refractivity contribution < 1.29 is 14.1 Å². The number of rotatable bonds is 4. The van der Waals surface area contributed by atoms with Gasteiger partial charge in [-0.25, -0.2) is 0 Å². The van der Waals surface area contributed by atoms with Gasteiger partial charge in [0, 0.05) is 22.4 Å². The Balaban J connectivity index is 1.58. The number of amides is 2. The number of aromatic nitrogens is 1. The summed E-state index contributed by atoms with van der Waals surface area (Å²) in [6, 6.07) is 7.05. The van der Waals surface area contributed by atoms with Crippen molar-refractivity contribution in [2.24, 2.45) is 0 Å². The van der Waals surface area contributed by atoms with Crippen molar-refractivity contribution in [1.82, 2.24) is 10.5 Å². The van der Waals surface area contributed by atoms with Gasteiger partial charge in [0.25, 0.3) is 0 Å². The molecule has 1 unspecified atom stereocenters. The van der Waals surface area contributed by atoms with Crippen LogP contribution in [-0.2, 0) is 16.1 Å². The van der Waals surface area contributed by atoms with E-state index in [-0.39, 0.29) is 24.8 Å². The second-order valence-electron chi connectivity index (χ2n) is 5.15. The molecule has 2 N–H and O–H groups in total. The van der Waals surface area contributed by atoms with E-state index < -0.39 is 5.25 Å². The zero-order valence-electron chi connectivity index (χ0n) is 12.3. The number of thioether (sulfide) groups is 1. The van der Waals surface area contributed by atoms with E-state index in [9.17, 15) is 9.59 Å². The summed E-state index contributed by atoms with van der Waals surface area (Å²) >= 11 is 7.27. The maximum atomic E-state index is 12.1. The first-order valence-electron chi connectivity index (χ1n) is 6.97. The molecule has 1 aliphatic rings. The highest BCUT2D eigenvalue weighted by atomic mass is 35.5. The van der Waals surface area contributed by atoms with E-state index in [0.717, 1.165) is 4.90 Å². The van der Waals surface area contributed by atoms with Crippen molar-refractivity contribution in [1.29, 1.82) is 0 Å². The standard InChI is InChI=1S/C15H14ClN3O3S/c1-8-4-10(19-22-8)7-17-14(20)6-13-15(21)18-11-5-9(16)2-3-12(11)23-13/h2-5,13H,6-7H2,1H3,(H,17,20)(H,18,21). The number of hydrogen-bond donors (Lipinski definition) is 2. The molecule has 0 aliphatic carbocycles. The first-order chi connectivity index (χ1) is 11.0. The summed E-state index contributed by atoms with van der Waals surface area (Å²) in [5.74, 6) is 0.277. The molecule has 2 heterocycles. The first-order valence-corrected chi connectivity index (χ1v) is 8.23. The summed E-state index contributed by atoms with van der Waals surface area (Å²) in [7, 11) is 0. The van der Waals surface area contributed by atoms with Crippen molar-refractivity contribution >= 4 is 40.9 Å². The molecule has 0 bridgehead atoms. The van der Waals surface area contributed by atoms with Gasteiger partial charge in [0.05, 0.1) is 17.5 Å². The SMILES string of the molecule is Cc1cc(CNC(=O)CC2Sc3ccc(Cl)cc3NC2=O)no1. The highest BCUT2D eigenvalue weighted by Crippen LogP contribution is 2.38. The Morgan fingerprint density at radius 3 is 3.04 bits per heavy atom. The van der Waals surface area contributed by atoms with Crippen LogP contribution in [0.2, 0.25) is 5.02 Å². The predicted octanol–water partition coefficient (Wildman–Crippen LogP) is 2.76. The number of fused-ring (bicyclic) bond motifs is 1. The monoisotopic (exact) mass is 351 g/mol. The quantitative estimate of drug-likeness (QED) is 0.884. The van der Waals surface area contributed by atoms with Gasteiger partial charge in [0.1, 0.15) is 11.5 Å². The molecule has 0 saturated heterocycles. The van der Waals surface area contributed by atoms with E-state index >= 15 is 0 Å². The van der Waals surface area contributed by atoms with Gasteiger partial charge in [0.2, 0.25) is 11.8 Å². The van der Waals surface area contributed by atoms with Crippen molar-refractivity contribution in [2.45, 2.75) is 30.0 Å². The Kier molecular flexibility index (Phi) is 4.58. The van der Waals surface area contributed by atoms with E-state index in [1.54, 1.807) is 25.1 Å². The molecule has 0 fully saturated rings. The van der Waals surface area contributed by atoms with Crippen LogP contribution < -0.4 is 10.6 Å². The molecule has 2 amide bonds. The maximum absolute atomic E-state index is 12.1. The fourth-order valence-corrected chi connectivity index (χ4v) is 3.45. The fraction of sp³-hybridized carbons (Fsp3) is 0.267. The van der Waals surface area contributed by atoms with Crippen LogP contribution in [0.25, 0.3) is 0 Å². The van der Waals surface area contributed by atoms with Crippen LogP contribution in [0.4, 0.5) is 5.69 Å². The smallest absolute Gasteiger partial charge is 0.238 e. The minimum atomic E-state index is -0.470. The van der Waals surface area contributed by atoms with Crippen LogP contribution in [0.15, 0.2) is 33.7 Å².